The van der Waals surface area contributed by atoms with E-state index < -0.39 is 0 Å². The molecule has 0 N–H and O–H groups in total. The molecule has 2 aromatic rings. The fourth-order valence-corrected chi connectivity index (χ4v) is 2.81. The van der Waals surface area contributed by atoms with Crippen molar-refractivity contribution in [1.82, 2.24) is 15.2 Å². The van der Waals surface area contributed by atoms with Crippen LogP contribution >= 0.6 is 0 Å². The Hall–Kier alpha value is -2.17. The lowest BCUT2D eigenvalue weighted by Gasteiger charge is -2.37. The quantitative estimate of drug-likeness (QED) is 0.871. The fourth-order valence-electron chi connectivity index (χ4n) is 2.81. The Labute approximate surface area is 132 Å². The maximum absolute atomic E-state index is 4.39. The minimum Gasteiger partial charge on any atom is -0.368 e. The molecule has 0 amide bonds. The predicted molar refractivity (Wildman–Crippen MR) is 89.5 cm³/mol. The lowest BCUT2D eigenvalue weighted by atomic mass is 10.1. The minimum absolute atomic E-state index is 0.424. The molecule has 0 bridgehead atoms. The Kier molecular flexibility index (Phi) is 4.22. The van der Waals surface area contributed by atoms with Crippen LogP contribution in [0.1, 0.15) is 31.0 Å². The van der Waals surface area contributed by atoms with Crippen LogP contribution in [0.25, 0.3) is 0 Å². The summed E-state index contributed by atoms with van der Waals surface area (Å²) in [5.74, 6) is 1.41. The molecule has 0 aromatic carbocycles. The van der Waals surface area contributed by atoms with Gasteiger partial charge in [0.05, 0.1) is 5.69 Å². The van der Waals surface area contributed by atoms with Gasteiger partial charge in [-0.2, -0.15) is 5.10 Å². The Bertz CT molecular complexity index is 615. The van der Waals surface area contributed by atoms with Crippen LogP contribution in [0.4, 0.5) is 11.5 Å². The molecular formula is C17H23N5. The van der Waals surface area contributed by atoms with E-state index in [2.05, 4.69) is 64.0 Å². The van der Waals surface area contributed by atoms with E-state index in [-0.39, 0.29) is 0 Å². The van der Waals surface area contributed by atoms with Crippen LogP contribution in [0.3, 0.4) is 0 Å². The van der Waals surface area contributed by atoms with E-state index in [9.17, 15) is 0 Å². The third-order valence-corrected chi connectivity index (χ3v) is 4.20. The van der Waals surface area contributed by atoms with Gasteiger partial charge in [0, 0.05) is 44.3 Å². The van der Waals surface area contributed by atoms with Gasteiger partial charge in [0.2, 0.25) is 0 Å². The number of rotatable bonds is 3. The van der Waals surface area contributed by atoms with E-state index in [1.54, 1.807) is 0 Å². The largest absolute Gasteiger partial charge is 0.368 e. The number of hydrogen-bond donors (Lipinski definition) is 0. The Morgan fingerprint density at radius 1 is 0.955 bits per heavy atom. The first kappa shape index (κ1) is 14.8. The molecule has 5 nitrogen and oxygen atoms in total. The smallest absolute Gasteiger partial charge is 0.151 e. The first-order valence-electron chi connectivity index (χ1n) is 7.89. The van der Waals surface area contributed by atoms with Gasteiger partial charge in [0.15, 0.2) is 5.82 Å². The van der Waals surface area contributed by atoms with E-state index in [0.717, 1.165) is 37.7 Å². The first-order chi connectivity index (χ1) is 10.6. The zero-order valence-corrected chi connectivity index (χ0v) is 13.5. The lowest BCUT2D eigenvalue weighted by molar-refractivity contribution is 0.639. The summed E-state index contributed by atoms with van der Waals surface area (Å²) in [6.07, 6.45) is 3.79. The van der Waals surface area contributed by atoms with Crippen molar-refractivity contribution in [3.63, 3.8) is 0 Å². The number of hydrogen-bond acceptors (Lipinski definition) is 5. The van der Waals surface area contributed by atoms with Crippen molar-refractivity contribution in [1.29, 1.82) is 0 Å². The number of aromatic nitrogens is 3. The van der Waals surface area contributed by atoms with Gasteiger partial charge in [-0.25, -0.2) is 0 Å². The molecule has 0 spiro atoms. The van der Waals surface area contributed by atoms with Crippen molar-refractivity contribution in [3.05, 3.63) is 41.9 Å². The summed E-state index contributed by atoms with van der Waals surface area (Å²) < 4.78 is 0. The Balaban J connectivity index is 1.65. The first-order valence-corrected chi connectivity index (χ1v) is 7.89. The van der Waals surface area contributed by atoms with E-state index >= 15 is 0 Å². The van der Waals surface area contributed by atoms with Gasteiger partial charge in [0.1, 0.15) is 0 Å². The van der Waals surface area contributed by atoms with Crippen LogP contribution in [0, 0.1) is 6.92 Å². The third-order valence-electron chi connectivity index (χ3n) is 4.20. The van der Waals surface area contributed by atoms with Crippen molar-refractivity contribution in [2.75, 3.05) is 36.0 Å². The maximum Gasteiger partial charge on any atom is 0.151 e. The van der Waals surface area contributed by atoms with Crippen LogP contribution in [0.2, 0.25) is 0 Å². The van der Waals surface area contributed by atoms with E-state index in [1.807, 2.05) is 12.4 Å². The molecular weight excluding hydrogens is 274 g/mol. The highest BCUT2D eigenvalue weighted by atomic mass is 15.3. The molecule has 0 aliphatic carbocycles. The average molecular weight is 297 g/mol. The summed E-state index contributed by atoms with van der Waals surface area (Å²) in [7, 11) is 0. The van der Waals surface area contributed by atoms with Crippen molar-refractivity contribution in [2.24, 2.45) is 0 Å². The molecule has 0 saturated carbocycles. The molecule has 0 radical (unpaired) electrons. The molecule has 1 saturated heterocycles. The van der Waals surface area contributed by atoms with Gasteiger partial charge in [-0.3, -0.25) is 4.98 Å². The number of anilines is 2. The topological polar surface area (TPSA) is 45.2 Å². The summed E-state index contributed by atoms with van der Waals surface area (Å²) in [4.78, 5) is 8.90. The highest BCUT2D eigenvalue weighted by Crippen LogP contribution is 2.22. The average Bonchev–Trinajstić information content (AvgIpc) is 2.56. The molecule has 1 aliphatic heterocycles. The van der Waals surface area contributed by atoms with E-state index in [4.69, 9.17) is 0 Å². The minimum atomic E-state index is 0.424. The normalized spacial score (nSPS) is 15.5. The number of piperazine rings is 1. The standard InChI is InChI=1S/C17H23N5/c1-13(2)15-4-5-17(20-19-15)22-10-8-21(9-11-22)16-6-7-18-12-14(16)3/h4-7,12-13H,8-11H2,1-3H3. The van der Waals surface area contributed by atoms with Crippen LogP contribution in [0.15, 0.2) is 30.6 Å². The van der Waals surface area contributed by atoms with E-state index in [0.29, 0.717) is 5.92 Å². The highest BCUT2D eigenvalue weighted by molar-refractivity contribution is 5.53. The van der Waals surface area contributed by atoms with Gasteiger partial charge in [-0.05, 0) is 36.6 Å². The highest BCUT2D eigenvalue weighted by Gasteiger charge is 2.19. The second-order valence-electron chi connectivity index (χ2n) is 6.11. The fraction of sp³-hybridized carbons (Fsp3) is 0.471. The zero-order valence-electron chi connectivity index (χ0n) is 13.5. The monoisotopic (exact) mass is 297 g/mol. The van der Waals surface area contributed by atoms with Crippen molar-refractivity contribution in [2.45, 2.75) is 26.7 Å². The van der Waals surface area contributed by atoms with Crippen molar-refractivity contribution in [3.8, 4) is 0 Å². The third kappa shape index (κ3) is 3.03. The second-order valence-corrected chi connectivity index (χ2v) is 6.11. The lowest BCUT2D eigenvalue weighted by Crippen LogP contribution is -2.47. The van der Waals surface area contributed by atoms with Gasteiger partial charge < -0.3 is 9.80 Å². The number of pyridine rings is 1. The van der Waals surface area contributed by atoms with Gasteiger partial charge in [-0.15, -0.1) is 5.10 Å². The Morgan fingerprint density at radius 2 is 1.68 bits per heavy atom. The van der Waals surface area contributed by atoms with Crippen LogP contribution < -0.4 is 9.80 Å². The second kappa shape index (κ2) is 6.30. The molecule has 3 rings (SSSR count). The van der Waals surface area contributed by atoms with Crippen LogP contribution in [-0.2, 0) is 0 Å². The summed E-state index contributed by atoms with van der Waals surface area (Å²) in [5, 5.41) is 8.72. The zero-order chi connectivity index (χ0) is 15.5. The van der Waals surface area contributed by atoms with Crippen molar-refractivity contribution >= 4 is 11.5 Å². The molecule has 1 fully saturated rings. The summed E-state index contributed by atoms with van der Waals surface area (Å²) in [6.45, 7) is 10.3. The van der Waals surface area contributed by atoms with Gasteiger partial charge in [0.25, 0.3) is 0 Å². The molecule has 22 heavy (non-hydrogen) atoms. The van der Waals surface area contributed by atoms with Gasteiger partial charge in [-0.1, -0.05) is 13.8 Å². The molecule has 116 valence electrons. The summed E-state index contributed by atoms with van der Waals surface area (Å²) in [6, 6.07) is 6.28. The molecule has 0 unspecified atom stereocenters. The number of nitrogens with zero attached hydrogens (tertiary/aromatic N) is 5. The molecule has 0 atom stereocenters. The number of aryl methyl sites for hydroxylation is 1. The maximum atomic E-state index is 4.39. The summed E-state index contributed by atoms with van der Waals surface area (Å²) in [5.41, 5.74) is 3.57. The van der Waals surface area contributed by atoms with Crippen LogP contribution in [-0.4, -0.2) is 41.4 Å². The van der Waals surface area contributed by atoms with Gasteiger partial charge >= 0.3 is 0 Å². The van der Waals surface area contributed by atoms with Crippen LogP contribution in [0.5, 0.6) is 0 Å². The van der Waals surface area contributed by atoms with E-state index in [1.165, 1.54) is 11.3 Å². The molecule has 1 aliphatic rings. The summed E-state index contributed by atoms with van der Waals surface area (Å²) >= 11 is 0. The van der Waals surface area contributed by atoms with Crippen molar-refractivity contribution < 1.29 is 0 Å². The molecule has 5 heteroatoms. The Morgan fingerprint density at radius 3 is 2.27 bits per heavy atom. The SMILES string of the molecule is Cc1cnccc1N1CCN(c2ccc(C(C)C)nn2)CC1. The molecule has 2 aromatic heterocycles. The predicted octanol–water partition coefficient (Wildman–Crippen LogP) is 2.63. The molecule has 3 heterocycles.